The maximum Gasteiger partial charge on any atom is 0.306 e. The first-order valence-electron chi connectivity index (χ1n) is 5.40. The third kappa shape index (κ3) is 6.07. The van der Waals surface area contributed by atoms with Crippen LogP contribution in [0.2, 0.25) is 0 Å². The summed E-state index contributed by atoms with van der Waals surface area (Å²) in [4.78, 5) is 11.0. The number of carbonyl (C=O) groups excluding carboxylic acids is 1. The van der Waals surface area contributed by atoms with Crippen molar-refractivity contribution in [1.82, 2.24) is 0 Å². The van der Waals surface area contributed by atoms with E-state index in [0.717, 1.165) is 17.5 Å². The fourth-order valence-corrected chi connectivity index (χ4v) is 1.73. The summed E-state index contributed by atoms with van der Waals surface area (Å²) in [5.74, 6) is -0.0949. The van der Waals surface area contributed by atoms with Crippen molar-refractivity contribution in [3.63, 3.8) is 0 Å². The molecule has 1 aromatic carbocycles. The summed E-state index contributed by atoms with van der Waals surface area (Å²) in [6.45, 7) is 2.26. The molecular formula is C12H17INO2+. The third-order valence-electron chi connectivity index (χ3n) is 2.11. The van der Waals surface area contributed by atoms with E-state index in [0.29, 0.717) is 13.0 Å². The van der Waals surface area contributed by atoms with Crippen LogP contribution in [0.4, 0.5) is 0 Å². The Morgan fingerprint density at radius 1 is 1.31 bits per heavy atom. The second-order valence-corrected chi connectivity index (χ2v) is 4.51. The molecule has 0 bridgehead atoms. The third-order valence-corrected chi connectivity index (χ3v) is 2.65. The van der Waals surface area contributed by atoms with Crippen LogP contribution in [0.1, 0.15) is 12.0 Å². The molecule has 0 saturated carbocycles. The van der Waals surface area contributed by atoms with E-state index < -0.39 is 0 Å². The van der Waals surface area contributed by atoms with E-state index in [4.69, 9.17) is 4.74 Å². The van der Waals surface area contributed by atoms with Crippen molar-refractivity contribution in [2.75, 3.05) is 17.6 Å². The van der Waals surface area contributed by atoms with Gasteiger partial charge in [-0.25, -0.2) is 0 Å². The number of ether oxygens (including phenoxy) is 1. The molecule has 0 heterocycles. The van der Waals surface area contributed by atoms with Gasteiger partial charge in [0.25, 0.3) is 0 Å². The van der Waals surface area contributed by atoms with E-state index in [2.05, 4.69) is 40.0 Å². The molecule has 0 fully saturated rings. The summed E-state index contributed by atoms with van der Waals surface area (Å²) in [5.41, 5.74) is 1.29. The van der Waals surface area contributed by atoms with Gasteiger partial charge in [-0.1, -0.05) is 52.9 Å². The van der Waals surface area contributed by atoms with Crippen molar-refractivity contribution >= 4 is 28.6 Å². The maximum atomic E-state index is 11.0. The topological polar surface area (TPSA) is 42.9 Å². The minimum Gasteiger partial charge on any atom is -0.460 e. The SMILES string of the molecule is O=C(CCI)OCC[NH2+]Cc1ccccc1. The lowest BCUT2D eigenvalue weighted by Gasteiger charge is -2.03. The van der Waals surface area contributed by atoms with Crippen LogP contribution in [-0.4, -0.2) is 23.5 Å². The number of carbonyl (C=O) groups is 1. The minimum absolute atomic E-state index is 0.0949. The monoisotopic (exact) mass is 334 g/mol. The number of alkyl halides is 1. The van der Waals surface area contributed by atoms with Crippen LogP contribution in [0.3, 0.4) is 0 Å². The lowest BCUT2D eigenvalue weighted by Crippen LogP contribution is -2.83. The van der Waals surface area contributed by atoms with Gasteiger partial charge >= 0.3 is 5.97 Å². The van der Waals surface area contributed by atoms with Gasteiger partial charge in [-0.3, -0.25) is 4.79 Å². The lowest BCUT2D eigenvalue weighted by molar-refractivity contribution is -0.671. The molecule has 0 saturated heterocycles. The number of halogens is 1. The lowest BCUT2D eigenvalue weighted by atomic mass is 10.2. The molecule has 4 heteroatoms. The molecule has 0 aliphatic heterocycles. The Morgan fingerprint density at radius 2 is 2.06 bits per heavy atom. The molecular weight excluding hydrogens is 317 g/mol. The van der Waals surface area contributed by atoms with Crippen LogP contribution in [-0.2, 0) is 16.1 Å². The molecule has 0 radical (unpaired) electrons. The zero-order chi connectivity index (χ0) is 11.6. The Hall–Kier alpha value is -0.620. The van der Waals surface area contributed by atoms with Gasteiger partial charge in [-0.05, 0) is 0 Å². The Morgan fingerprint density at radius 3 is 2.75 bits per heavy atom. The molecule has 0 spiro atoms. The number of esters is 1. The zero-order valence-corrected chi connectivity index (χ0v) is 11.4. The molecule has 3 nitrogen and oxygen atoms in total. The standard InChI is InChI=1S/C12H16INO2/c13-7-6-12(15)16-9-8-14-10-11-4-2-1-3-5-11/h1-5,14H,6-10H2/p+1. The minimum atomic E-state index is -0.0949. The van der Waals surface area contributed by atoms with Gasteiger partial charge in [-0.2, -0.15) is 0 Å². The van der Waals surface area contributed by atoms with Crippen LogP contribution in [0.15, 0.2) is 30.3 Å². The van der Waals surface area contributed by atoms with Gasteiger partial charge in [-0.15, -0.1) is 0 Å². The molecule has 88 valence electrons. The van der Waals surface area contributed by atoms with Crippen molar-refractivity contribution < 1.29 is 14.8 Å². The highest BCUT2D eigenvalue weighted by Crippen LogP contribution is 1.94. The molecule has 0 atom stereocenters. The van der Waals surface area contributed by atoms with Gasteiger partial charge in [0.1, 0.15) is 19.7 Å². The predicted molar refractivity (Wildman–Crippen MR) is 71.4 cm³/mol. The number of quaternary nitrogens is 1. The average Bonchev–Trinajstić information content (AvgIpc) is 2.30. The van der Waals surface area contributed by atoms with Gasteiger partial charge < -0.3 is 10.1 Å². The second kappa shape index (κ2) is 8.52. The van der Waals surface area contributed by atoms with E-state index in [1.54, 1.807) is 0 Å². The molecule has 1 rings (SSSR count). The largest absolute Gasteiger partial charge is 0.460 e. The molecule has 1 aromatic rings. The summed E-state index contributed by atoms with van der Waals surface area (Å²) >= 11 is 2.17. The summed E-state index contributed by atoms with van der Waals surface area (Å²) in [7, 11) is 0. The maximum absolute atomic E-state index is 11.0. The number of nitrogens with two attached hydrogens (primary N) is 1. The molecule has 16 heavy (non-hydrogen) atoms. The van der Waals surface area contributed by atoms with Crippen molar-refractivity contribution in [2.45, 2.75) is 13.0 Å². The van der Waals surface area contributed by atoms with Gasteiger partial charge in [0.05, 0.1) is 6.42 Å². The molecule has 0 amide bonds. The number of rotatable bonds is 7. The van der Waals surface area contributed by atoms with E-state index in [1.165, 1.54) is 5.56 Å². The molecule has 2 N–H and O–H groups in total. The van der Waals surface area contributed by atoms with Crippen molar-refractivity contribution in [3.05, 3.63) is 35.9 Å². The summed E-state index contributed by atoms with van der Waals surface area (Å²) < 4.78 is 5.87. The fourth-order valence-electron chi connectivity index (χ4n) is 1.29. The van der Waals surface area contributed by atoms with Crippen LogP contribution in [0.5, 0.6) is 0 Å². The van der Waals surface area contributed by atoms with Crippen molar-refractivity contribution in [3.8, 4) is 0 Å². The van der Waals surface area contributed by atoms with E-state index >= 15 is 0 Å². The molecule has 0 aliphatic rings. The van der Waals surface area contributed by atoms with Crippen LogP contribution < -0.4 is 5.32 Å². The quantitative estimate of drug-likeness (QED) is 0.351. The second-order valence-electron chi connectivity index (χ2n) is 3.43. The number of hydrogen-bond acceptors (Lipinski definition) is 2. The summed E-state index contributed by atoms with van der Waals surface area (Å²) in [6.07, 6.45) is 0.513. The molecule has 0 aliphatic carbocycles. The van der Waals surface area contributed by atoms with Gasteiger partial charge in [0, 0.05) is 9.99 Å². The van der Waals surface area contributed by atoms with E-state index in [1.807, 2.05) is 18.2 Å². The smallest absolute Gasteiger partial charge is 0.306 e. The van der Waals surface area contributed by atoms with Crippen molar-refractivity contribution in [1.29, 1.82) is 0 Å². The Labute approximate surface area is 110 Å². The first kappa shape index (κ1) is 13.4. The summed E-state index contributed by atoms with van der Waals surface area (Å²) in [5, 5.41) is 2.15. The van der Waals surface area contributed by atoms with Crippen molar-refractivity contribution in [2.24, 2.45) is 0 Å². The highest BCUT2D eigenvalue weighted by atomic mass is 127. The molecule has 0 aromatic heterocycles. The Balaban J connectivity index is 2.02. The average molecular weight is 334 g/mol. The highest BCUT2D eigenvalue weighted by molar-refractivity contribution is 14.1. The highest BCUT2D eigenvalue weighted by Gasteiger charge is 2.01. The van der Waals surface area contributed by atoms with Crippen LogP contribution >= 0.6 is 22.6 Å². The number of hydrogen-bond donors (Lipinski definition) is 1. The van der Waals surface area contributed by atoms with E-state index in [-0.39, 0.29) is 5.97 Å². The fraction of sp³-hybridized carbons (Fsp3) is 0.417. The zero-order valence-electron chi connectivity index (χ0n) is 9.19. The van der Waals surface area contributed by atoms with Gasteiger partial charge in [0.2, 0.25) is 0 Å². The predicted octanol–water partition coefficient (Wildman–Crippen LogP) is 1.12. The Bertz CT molecular complexity index is 303. The Kier molecular flexibility index (Phi) is 7.16. The summed E-state index contributed by atoms with van der Waals surface area (Å²) in [6, 6.07) is 10.3. The molecule has 0 unspecified atom stereocenters. The van der Waals surface area contributed by atoms with E-state index in [9.17, 15) is 4.79 Å². The normalized spacial score (nSPS) is 10.1. The first-order chi connectivity index (χ1) is 7.83. The number of benzene rings is 1. The van der Waals surface area contributed by atoms with Crippen LogP contribution in [0, 0.1) is 0 Å². The first-order valence-corrected chi connectivity index (χ1v) is 6.92. The van der Waals surface area contributed by atoms with Gasteiger partial charge in [0.15, 0.2) is 0 Å². The van der Waals surface area contributed by atoms with Crippen LogP contribution in [0.25, 0.3) is 0 Å².